The second-order valence-corrected chi connectivity index (χ2v) is 6.46. The average molecular weight is 328 g/mol. The van der Waals surface area contributed by atoms with Crippen LogP contribution in [-0.4, -0.2) is 34.0 Å². The van der Waals surface area contributed by atoms with Gasteiger partial charge >= 0.3 is 0 Å². The summed E-state index contributed by atoms with van der Waals surface area (Å²) in [7, 11) is 0. The number of nitrogens with one attached hydrogen (secondary N) is 1. The van der Waals surface area contributed by atoms with Crippen LogP contribution in [0.15, 0.2) is 34.9 Å². The first-order valence-electron chi connectivity index (χ1n) is 8.54. The van der Waals surface area contributed by atoms with Crippen molar-refractivity contribution < 1.29 is 9.32 Å². The van der Waals surface area contributed by atoms with E-state index in [1.165, 1.54) is 0 Å². The van der Waals surface area contributed by atoms with Crippen molar-refractivity contribution in [1.29, 1.82) is 0 Å². The highest BCUT2D eigenvalue weighted by Crippen LogP contribution is 2.20. The van der Waals surface area contributed by atoms with E-state index < -0.39 is 0 Å². The number of aromatic nitrogens is 2. The lowest BCUT2D eigenvalue weighted by atomic mass is 10.1. The molecule has 1 N–H and O–H groups in total. The first-order valence-corrected chi connectivity index (χ1v) is 8.54. The molecule has 1 aromatic carbocycles. The lowest BCUT2D eigenvalue weighted by molar-refractivity contribution is -0.132. The molecule has 1 aliphatic heterocycles. The van der Waals surface area contributed by atoms with Crippen LogP contribution in [0.3, 0.4) is 0 Å². The minimum Gasteiger partial charge on any atom is -0.341 e. The second kappa shape index (κ2) is 7.57. The van der Waals surface area contributed by atoms with Gasteiger partial charge in [0.05, 0.1) is 6.54 Å². The van der Waals surface area contributed by atoms with Gasteiger partial charge in [0.15, 0.2) is 5.82 Å². The first kappa shape index (κ1) is 16.6. The van der Waals surface area contributed by atoms with Gasteiger partial charge in [-0.25, -0.2) is 0 Å². The number of rotatable bonds is 6. The fourth-order valence-electron chi connectivity index (χ4n) is 2.88. The van der Waals surface area contributed by atoms with Crippen LogP contribution in [0, 0.1) is 0 Å². The van der Waals surface area contributed by atoms with Crippen LogP contribution in [0.2, 0.25) is 0 Å². The van der Waals surface area contributed by atoms with Crippen LogP contribution in [-0.2, 0) is 11.3 Å². The Morgan fingerprint density at radius 2 is 1.96 bits per heavy atom. The van der Waals surface area contributed by atoms with Gasteiger partial charge in [-0.2, -0.15) is 4.98 Å². The molecule has 1 aliphatic rings. The van der Waals surface area contributed by atoms with Crippen molar-refractivity contribution in [3.8, 4) is 0 Å². The van der Waals surface area contributed by atoms with Crippen LogP contribution in [0.1, 0.15) is 55.9 Å². The Morgan fingerprint density at radius 3 is 2.58 bits per heavy atom. The summed E-state index contributed by atoms with van der Waals surface area (Å²) >= 11 is 0. The molecule has 1 atom stereocenters. The van der Waals surface area contributed by atoms with Crippen molar-refractivity contribution in [2.24, 2.45) is 0 Å². The maximum absolute atomic E-state index is 12.9. The van der Waals surface area contributed by atoms with Gasteiger partial charge in [0.2, 0.25) is 11.8 Å². The van der Waals surface area contributed by atoms with E-state index in [2.05, 4.69) is 15.5 Å². The molecule has 0 bridgehead atoms. The van der Waals surface area contributed by atoms with Gasteiger partial charge in [0, 0.05) is 19.0 Å². The SMILES string of the molecule is CC(C)c1nc(CN[C@H](C(=O)N2CCCC2)c2ccccc2)no1. The van der Waals surface area contributed by atoms with Gasteiger partial charge in [-0.1, -0.05) is 49.3 Å². The lowest BCUT2D eigenvalue weighted by Gasteiger charge is -2.24. The molecule has 0 spiro atoms. The molecule has 0 radical (unpaired) electrons. The molecule has 6 nitrogen and oxygen atoms in total. The highest BCUT2D eigenvalue weighted by atomic mass is 16.5. The number of carbonyl (C=O) groups is 1. The zero-order valence-electron chi connectivity index (χ0n) is 14.2. The third-order valence-electron chi connectivity index (χ3n) is 4.24. The third kappa shape index (κ3) is 3.82. The maximum atomic E-state index is 12.9. The Hall–Kier alpha value is -2.21. The molecule has 1 saturated heterocycles. The molecule has 0 saturated carbocycles. The highest BCUT2D eigenvalue weighted by molar-refractivity contribution is 5.83. The molecule has 24 heavy (non-hydrogen) atoms. The van der Waals surface area contributed by atoms with Gasteiger partial charge < -0.3 is 9.42 Å². The summed E-state index contributed by atoms with van der Waals surface area (Å²) in [5.74, 6) is 1.51. The van der Waals surface area contributed by atoms with Gasteiger partial charge in [-0.05, 0) is 18.4 Å². The summed E-state index contributed by atoms with van der Waals surface area (Å²) in [5, 5.41) is 7.29. The molecule has 1 aromatic heterocycles. The van der Waals surface area contributed by atoms with Crippen LogP contribution >= 0.6 is 0 Å². The zero-order chi connectivity index (χ0) is 16.9. The van der Waals surface area contributed by atoms with E-state index in [-0.39, 0.29) is 17.9 Å². The van der Waals surface area contributed by atoms with Gasteiger partial charge in [-0.15, -0.1) is 0 Å². The number of nitrogens with zero attached hydrogens (tertiary/aromatic N) is 3. The predicted octanol–water partition coefficient (Wildman–Crippen LogP) is 2.65. The van der Waals surface area contributed by atoms with Crippen LogP contribution < -0.4 is 5.32 Å². The quantitative estimate of drug-likeness (QED) is 0.882. The van der Waals surface area contributed by atoms with Crippen molar-refractivity contribution in [1.82, 2.24) is 20.4 Å². The van der Waals surface area contributed by atoms with Crippen LogP contribution in [0.25, 0.3) is 0 Å². The van der Waals surface area contributed by atoms with Crippen molar-refractivity contribution in [3.63, 3.8) is 0 Å². The number of benzene rings is 1. The zero-order valence-corrected chi connectivity index (χ0v) is 14.2. The Kier molecular flexibility index (Phi) is 5.25. The molecular formula is C18H24N4O2. The monoisotopic (exact) mass is 328 g/mol. The summed E-state index contributed by atoms with van der Waals surface area (Å²) in [4.78, 5) is 19.2. The highest BCUT2D eigenvalue weighted by Gasteiger charge is 2.27. The molecule has 0 aliphatic carbocycles. The number of hydrogen-bond donors (Lipinski definition) is 1. The summed E-state index contributed by atoms with van der Waals surface area (Å²) in [6.07, 6.45) is 2.16. The summed E-state index contributed by atoms with van der Waals surface area (Å²) < 4.78 is 5.23. The van der Waals surface area contributed by atoms with E-state index in [0.717, 1.165) is 31.5 Å². The minimum absolute atomic E-state index is 0.117. The molecule has 6 heteroatoms. The molecule has 1 amide bonds. The van der Waals surface area contributed by atoms with Gasteiger partial charge in [0.1, 0.15) is 6.04 Å². The topological polar surface area (TPSA) is 71.3 Å². The van der Waals surface area contributed by atoms with E-state index in [0.29, 0.717) is 18.3 Å². The Labute approximate surface area is 142 Å². The van der Waals surface area contributed by atoms with Crippen molar-refractivity contribution in [3.05, 3.63) is 47.6 Å². The molecule has 0 unspecified atom stereocenters. The van der Waals surface area contributed by atoms with Crippen LogP contribution in [0.4, 0.5) is 0 Å². The van der Waals surface area contributed by atoms with Gasteiger partial charge in [0.25, 0.3) is 0 Å². The smallest absolute Gasteiger partial charge is 0.244 e. The molecule has 2 aromatic rings. The number of carbonyl (C=O) groups excluding carboxylic acids is 1. The normalized spacial score (nSPS) is 15.9. The fourth-order valence-corrected chi connectivity index (χ4v) is 2.88. The largest absolute Gasteiger partial charge is 0.341 e. The van der Waals surface area contributed by atoms with Gasteiger partial charge in [-0.3, -0.25) is 10.1 Å². The minimum atomic E-state index is -0.384. The predicted molar refractivity (Wildman–Crippen MR) is 90.2 cm³/mol. The van der Waals surface area contributed by atoms with E-state index in [9.17, 15) is 4.79 Å². The molecular weight excluding hydrogens is 304 g/mol. The molecule has 3 rings (SSSR count). The Balaban J connectivity index is 1.73. The average Bonchev–Trinajstić information content (AvgIpc) is 3.28. The summed E-state index contributed by atoms with van der Waals surface area (Å²) in [5.41, 5.74) is 0.960. The first-order chi connectivity index (χ1) is 11.6. The standard InChI is InChI=1S/C18H24N4O2/c1-13(2)17-20-15(21-24-17)12-19-16(14-8-4-3-5-9-14)18(23)22-10-6-7-11-22/h3-5,8-9,13,16,19H,6-7,10-12H2,1-2H3/t16-/m0/s1. The Bertz CT molecular complexity index is 663. The molecule has 128 valence electrons. The van der Waals surface area contributed by atoms with E-state index in [1.54, 1.807) is 0 Å². The maximum Gasteiger partial charge on any atom is 0.244 e. The molecule has 2 heterocycles. The fraction of sp³-hybridized carbons (Fsp3) is 0.500. The number of amides is 1. The summed E-state index contributed by atoms with van der Waals surface area (Å²) in [6, 6.07) is 9.42. The lowest BCUT2D eigenvalue weighted by Crippen LogP contribution is -2.39. The van der Waals surface area contributed by atoms with E-state index >= 15 is 0 Å². The van der Waals surface area contributed by atoms with E-state index in [1.807, 2.05) is 49.1 Å². The Morgan fingerprint density at radius 1 is 1.25 bits per heavy atom. The summed E-state index contributed by atoms with van der Waals surface area (Å²) in [6.45, 7) is 6.09. The second-order valence-electron chi connectivity index (χ2n) is 6.46. The van der Waals surface area contributed by atoms with Crippen LogP contribution in [0.5, 0.6) is 0 Å². The van der Waals surface area contributed by atoms with Crippen molar-refractivity contribution in [2.75, 3.05) is 13.1 Å². The number of likely N-dealkylation sites (tertiary alicyclic amines) is 1. The van der Waals surface area contributed by atoms with Crippen molar-refractivity contribution >= 4 is 5.91 Å². The third-order valence-corrected chi connectivity index (χ3v) is 4.24. The number of hydrogen-bond acceptors (Lipinski definition) is 5. The van der Waals surface area contributed by atoms with Crippen molar-refractivity contribution in [2.45, 2.75) is 45.2 Å². The van der Waals surface area contributed by atoms with E-state index in [4.69, 9.17) is 4.52 Å². The molecule has 1 fully saturated rings.